The molecule has 4 heteroatoms. The summed E-state index contributed by atoms with van der Waals surface area (Å²) in [6, 6.07) is 5.02. The fourth-order valence-electron chi connectivity index (χ4n) is 2.10. The molecule has 2 N–H and O–H groups in total. The first-order valence-corrected chi connectivity index (χ1v) is 6.20. The van der Waals surface area contributed by atoms with Crippen LogP contribution < -0.4 is 5.32 Å². The number of carboxylic acids is 1. The Morgan fingerprint density at radius 2 is 2.11 bits per heavy atom. The number of carbonyl (C=O) groups excluding carboxylic acids is 1. The van der Waals surface area contributed by atoms with Crippen molar-refractivity contribution in [1.82, 2.24) is 0 Å². The minimum atomic E-state index is -1.02. The maximum absolute atomic E-state index is 11.8. The van der Waals surface area contributed by atoms with Gasteiger partial charge in [0.25, 0.3) is 0 Å². The minimum Gasteiger partial charge on any atom is -0.478 e. The van der Waals surface area contributed by atoms with Crippen LogP contribution >= 0.6 is 0 Å². The van der Waals surface area contributed by atoms with E-state index in [2.05, 4.69) is 5.32 Å². The van der Waals surface area contributed by atoms with Crippen LogP contribution in [0, 0.1) is 12.8 Å². The fourth-order valence-corrected chi connectivity index (χ4v) is 2.10. The second-order valence-corrected chi connectivity index (χ2v) is 4.90. The predicted molar refractivity (Wildman–Crippen MR) is 68.7 cm³/mol. The topological polar surface area (TPSA) is 66.4 Å². The highest BCUT2D eigenvalue weighted by Gasteiger charge is 2.21. The van der Waals surface area contributed by atoms with Gasteiger partial charge in [-0.05, 0) is 37.8 Å². The molecule has 1 fully saturated rings. The normalized spacial score (nSPS) is 14.9. The summed E-state index contributed by atoms with van der Waals surface area (Å²) in [6.07, 6.45) is 3.90. The van der Waals surface area contributed by atoms with Crippen molar-refractivity contribution in [1.29, 1.82) is 0 Å². The second-order valence-electron chi connectivity index (χ2n) is 4.90. The molecule has 0 radical (unpaired) electrons. The van der Waals surface area contributed by atoms with Gasteiger partial charge in [-0.3, -0.25) is 4.79 Å². The largest absolute Gasteiger partial charge is 0.478 e. The van der Waals surface area contributed by atoms with E-state index in [0.29, 0.717) is 18.0 Å². The van der Waals surface area contributed by atoms with Crippen LogP contribution in [0.1, 0.15) is 41.6 Å². The quantitative estimate of drug-likeness (QED) is 0.859. The fraction of sp³-hybridized carbons (Fsp3) is 0.429. The Morgan fingerprint density at radius 3 is 2.67 bits per heavy atom. The number of benzene rings is 1. The predicted octanol–water partition coefficient (Wildman–Crippen LogP) is 2.82. The third kappa shape index (κ3) is 2.88. The number of carbonyl (C=O) groups is 2. The summed E-state index contributed by atoms with van der Waals surface area (Å²) in [4.78, 5) is 22.9. The van der Waals surface area contributed by atoms with E-state index in [1.54, 1.807) is 18.2 Å². The molecule has 18 heavy (non-hydrogen) atoms. The number of rotatable bonds is 4. The molecule has 1 aliphatic rings. The molecule has 1 amide bonds. The highest BCUT2D eigenvalue weighted by Crippen LogP contribution is 2.29. The Morgan fingerprint density at radius 1 is 1.39 bits per heavy atom. The molecule has 1 aromatic carbocycles. The summed E-state index contributed by atoms with van der Waals surface area (Å²) < 4.78 is 0. The van der Waals surface area contributed by atoms with Crippen LogP contribution in [0.3, 0.4) is 0 Å². The zero-order valence-electron chi connectivity index (χ0n) is 10.4. The molecule has 0 aromatic heterocycles. The van der Waals surface area contributed by atoms with Gasteiger partial charge in [0, 0.05) is 6.42 Å². The summed E-state index contributed by atoms with van der Waals surface area (Å²) >= 11 is 0. The zero-order chi connectivity index (χ0) is 13.1. The molecular formula is C14H17NO3. The highest BCUT2D eigenvalue weighted by atomic mass is 16.4. The molecule has 0 bridgehead atoms. The summed E-state index contributed by atoms with van der Waals surface area (Å²) in [6.45, 7) is 1.83. The lowest BCUT2D eigenvalue weighted by atomic mass is 9.83. The van der Waals surface area contributed by atoms with Crippen molar-refractivity contribution < 1.29 is 14.7 Å². The SMILES string of the molecule is Cc1ccc(NC(=O)CC2CCC2)c(C(=O)O)c1. The van der Waals surface area contributed by atoms with E-state index in [9.17, 15) is 9.59 Å². The van der Waals surface area contributed by atoms with Gasteiger partial charge in [0.05, 0.1) is 11.3 Å². The maximum atomic E-state index is 11.8. The summed E-state index contributed by atoms with van der Waals surface area (Å²) in [5.74, 6) is -0.632. The Bertz CT molecular complexity index is 478. The molecule has 0 aliphatic heterocycles. The number of aryl methyl sites for hydroxylation is 1. The molecule has 0 atom stereocenters. The maximum Gasteiger partial charge on any atom is 0.337 e. The average Bonchev–Trinajstić information content (AvgIpc) is 2.26. The van der Waals surface area contributed by atoms with Crippen LogP contribution in [0.5, 0.6) is 0 Å². The van der Waals surface area contributed by atoms with Gasteiger partial charge in [-0.2, -0.15) is 0 Å². The molecule has 96 valence electrons. The molecule has 1 saturated carbocycles. The summed E-state index contributed by atoms with van der Waals surface area (Å²) in [5, 5.41) is 11.8. The third-order valence-electron chi connectivity index (χ3n) is 3.38. The van der Waals surface area contributed by atoms with E-state index < -0.39 is 5.97 Å². The molecule has 0 spiro atoms. The number of aromatic carboxylic acids is 1. The van der Waals surface area contributed by atoms with Crippen molar-refractivity contribution in [2.24, 2.45) is 5.92 Å². The summed E-state index contributed by atoms with van der Waals surface area (Å²) in [7, 11) is 0. The average molecular weight is 247 g/mol. The number of hydrogen-bond donors (Lipinski definition) is 2. The Labute approximate surface area is 106 Å². The second kappa shape index (κ2) is 5.21. The number of hydrogen-bond acceptors (Lipinski definition) is 2. The first-order chi connectivity index (χ1) is 8.56. The van der Waals surface area contributed by atoms with E-state index in [1.807, 2.05) is 6.92 Å². The van der Waals surface area contributed by atoms with Crippen molar-refractivity contribution >= 4 is 17.6 Å². The molecule has 1 aromatic rings. The molecule has 0 heterocycles. The van der Waals surface area contributed by atoms with E-state index in [-0.39, 0.29) is 11.5 Å². The van der Waals surface area contributed by atoms with E-state index in [1.165, 1.54) is 6.42 Å². The lowest BCUT2D eigenvalue weighted by Gasteiger charge is -2.24. The van der Waals surface area contributed by atoms with Gasteiger partial charge in [0.15, 0.2) is 0 Å². The smallest absolute Gasteiger partial charge is 0.337 e. The van der Waals surface area contributed by atoms with Crippen LogP contribution in [0.2, 0.25) is 0 Å². The molecule has 0 saturated heterocycles. The van der Waals surface area contributed by atoms with Crippen molar-refractivity contribution in [3.05, 3.63) is 29.3 Å². The van der Waals surface area contributed by atoms with Crippen molar-refractivity contribution in [2.75, 3.05) is 5.32 Å². The monoisotopic (exact) mass is 247 g/mol. The molecule has 0 unspecified atom stereocenters. The van der Waals surface area contributed by atoms with Crippen LogP contribution in [-0.4, -0.2) is 17.0 Å². The van der Waals surface area contributed by atoms with Gasteiger partial charge in [0.2, 0.25) is 5.91 Å². The Kier molecular flexibility index (Phi) is 3.65. The van der Waals surface area contributed by atoms with E-state index in [0.717, 1.165) is 18.4 Å². The lowest BCUT2D eigenvalue weighted by molar-refractivity contribution is -0.117. The van der Waals surface area contributed by atoms with Gasteiger partial charge in [-0.25, -0.2) is 4.79 Å². The Hall–Kier alpha value is -1.84. The highest BCUT2D eigenvalue weighted by molar-refractivity contribution is 6.00. The Balaban J connectivity index is 2.07. The van der Waals surface area contributed by atoms with Gasteiger partial charge >= 0.3 is 5.97 Å². The van der Waals surface area contributed by atoms with Crippen molar-refractivity contribution in [3.8, 4) is 0 Å². The number of anilines is 1. The van der Waals surface area contributed by atoms with Gasteiger partial charge in [0.1, 0.15) is 0 Å². The first-order valence-electron chi connectivity index (χ1n) is 6.20. The molecule has 2 rings (SSSR count). The van der Waals surface area contributed by atoms with Gasteiger partial charge in [-0.15, -0.1) is 0 Å². The number of carboxylic acid groups (broad SMARTS) is 1. The standard InChI is InChI=1S/C14H17NO3/c1-9-5-6-12(11(7-9)14(17)18)15-13(16)8-10-3-2-4-10/h5-7,10H,2-4,8H2,1H3,(H,15,16)(H,17,18). The van der Waals surface area contributed by atoms with Crippen molar-refractivity contribution in [2.45, 2.75) is 32.6 Å². The number of amides is 1. The summed E-state index contributed by atoms with van der Waals surface area (Å²) in [5.41, 5.74) is 1.40. The minimum absolute atomic E-state index is 0.0916. The van der Waals surface area contributed by atoms with E-state index >= 15 is 0 Å². The molecule has 1 aliphatic carbocycles. The van der Waals surface area contributed by atoms with Crippen LogP contribution in [0.4, 0.5) is 5.69 Å². The van der Waals surface area contributed by atoms with Gasteiger partial charge < -0.3 is 10.4 Å². The molecule has 4 nitrogen and oxygen atoms in total. The lowest BCUT2D eigenvalue weighted by Crippen LogP contribution is -2.21. The van der Waals surface area contributed by atoms with Crippen LogP contribution in [0.25, 0.3) is 0 Å². The van der Waals surface area contributed by atoms with Crippen molar-refractivity contribution in [3.63, 3.8) is 0 Å². The van der Waals surface area contributed by atoms with Crippen LogP contribution in [-0.2, 0) is 4.79 Å². The van der Waals surface area contributed by atoms with E-state index in [4.69, 9.17) is 5.11 Å². The first kappa shape index (κ1) is 12.6. The zero-order valence-corrected chi connectivity index (χ0v) is 10.4. The van der Waals surface area contributed by atoms with Gasteiger partial charge in [-0.1, -0.05) is 18.1 Å². The third-order valence-corrected chi connectivity index (χ3v) is 3.38. The molecular weight excluding hydrogens is 230 g/mol. The number of nitrogens with one attached hydrogen (secondary N) is 1. The van der Waals surface area contributed by atoms with Crippen LogP contribution in [0.15, 0.2) is 18.2 Å².